The molecule has 3 N–H and O–H groups in total. The Morgan fingerprint density at radius 2 is 2.16 bits per heavy atom. The van der Waals surface area contributed by atoms with Gasteiger partial charge in [-0.3, -0.25) is 9.48 Å². The number of carbonyl (C=O) groups is 1. The van der Waals surface area contributed by atoms with Crippen molar-refractivity contribution in [2.45, 2.75) is 13.5 Å². The van der Waals surface area contributed by atoms with Gasteiger partial charge in [-0.15, -0.1) is 0 Å². The van der Waals surface area contributed by atoms with E-state index in [0.29, 0.717) is 11.3 Å². The average molecular weight is 274 g/mol. The van der Waals surface area contributed by atoms with E-state index >= 15 is 0 Å². The van der Waals surface area contributed by atoms with Gasteiger partial charge in [-0.2, -0.15) is 5.10 Å². The predicted molar refractivity (Wildman–Crippen MR) is 77.9 cm³/mol. The molecule has 5 nitrogen and oxygen atoms in total. The van der Waals surface area contributed by atoms with E-state index in [1.54, 1.807) is 23.0 Å². The fourth-order valence-electron chi connectivity index (χ4n) is 1.70. The summed E-state index contributed by atoms with van der Waals surface area (Å²) in [5.41, 5.74) is 7.75. The van der Waals surface area contributed by atoms with Gasteiger partial charge < -0.3 is 11.1 Å². The quantitative estimate of drug-likeness (QED) is 0.828. The number of carbonyl (C=O) groups excluding carboxylic acids is 1. The normalized spacial score (nSPS) is 10.2. The summed E-state index contributed by atoms with van der Waals surface area (Å²) in [6, 6.07) is 9.02. The Bertz CT molecular complexity index is 621. The fraction of sp³-hybridized carbons (Fsp3) is 0.154. The van der Waals surface area contributed by atoms with Crippen LogP contribution in [0.1, 0.15) is 11.3 Å². The molecule has 2 aromatic rings. The topological polar surface area (TPSA) is 72.9 Å². The number of nitrogens with one attached hydrogen (secondary N) is 1. The van der Waals surface area contributed by atoms with Crippen LogP contribution >= 0.6 is 12.2 Å². The number of hydrogen-bond donors (Lipinski definition) is 2. The maximum absolute atomic E-state index is 11.9. The van der Waals surface area contributed by atoms with Gasteiger partial charge in [-0.25, -0.2) is 0 Å². The molecule has 0 bridgehead atoms. The van der Waals surface area contributed by atoms with Crippen molar-refractivity contribution in [2.75, 3.05) is 5.32 Å². The van der Waals surface area contributed by atoms with Crippen LogP contribution in [0.2, 0.25) is 0 Å². The molecule has 1 aromatic heterocycles. The number of thiocarbonyl (C=S) groups is 1. The van der Waals surface area contributed by atoms with Crippen molar-refractivity contribution in [1.82, 2.24) is 9.78 Å². The number of nitrogens with two attached hydrogens (primary N) is 1. The Balaban J connectivity index is 2.09. The molecule has 98 valence electrons. The Labute approximate surface area is 116 Å². The first-order valence-electron chi connectivity index (χ1n) is 5.75. The molecule has 19 heavy (non-hydrogen) atoms. The first kappa shape index (κ1) is 13.2. The summed E-state index contributed by atoms with van der Waals surface area (Å²) in [6.07, 6.45) is 1.76. The highest BCUT2D eigenvalue weighted by Crippen LogP contribution is 2.14. The molecule has 0 atom stereocenters. The molecule has 0 spiro atoms. The highest BCUT2D eigenvalue weighted by Gasteiger charge is 2.09. The minimum atomic E-state index is -0.174. The molecule has 0 saturated heterocycles. The zero-order chi connectivity index (χ0) is 13.8. The molecule has 0 saturated carbocycles. The second-order valence-corrected chi connectivity index (χ2v) is 4.55. The lowest BCUT2D eigenvalue weighted by atomic mass is 10.2. The molecule has 0 aliphatic carbocycles. The summed E-state index contributed by atoms with van der Waals surface area (Å²) in [7, 11) is 0. The number of anilines is 1. The van der Waals surface area contributed by atoms with Crippen molar-refractivity contribution in [1.29, 1.82) is 0 Å². The minimum absolute atomic E-state index is 0.152. The molecule has 2 rings (SSSR count). The van der Waals surface area contributed by atoms with Crippen molar-refractivity contribution in [3.05, 3.63) is 47.8 Å². The average Bonchev–Trinajstić information content (AvgIpc) is 2.75. The van der Waals surface area contributed by atoms with E-state index < -0.39 is 0 Å². The number of hydrogen-bond acceptors (Lipinski definition) is 3. The third-order valence-electron chi connectivity index (χ3n) is 2.55. The van der Waals surface area contributed by atoms with Gasteiger partial charge in [0.2, 0.25) is 5.91 Å². The summed E-state index contributed by atoms with van der Waals surface area (Å²) in [5.74, 6) is -0.174. The Hall–Kier alpha value is -2.21. The van der Waals surface area contributed by atoms with E-state index in [-0.39, 0.29) is 17.4 Å². The van der Waals surface area contributed by atoms with E-state index in [1.807, 2.05) is 25.1 Å². The lowest BCUT2D eigenvalue weighted by Crippen LogP contribution is -2.21. The van der Waals surface area contributed by atoms with Crippen LogP contribution in [0.4, 0.5) is 5.69 Å². The Kier molecular flexibility index (Phi) is 3.91. The molecular formula is C13H14N4OS. The minimum Gasteiger partial charge on any atom is -0.389 e. The number of aromatic nitrogens is 2. The second kappa shape index (κ2) is 5.62. The van der Waals surface area contributed by atoms with E-state index in [1.165, 1.54) is 0 Å². The maximum atomic E-state index is 11.9. The number of para-hydroxylation sites is 1. The van der Waals surface area contributed by atoms with Crippen LogP contribution in [0.25, 0.3) is 0 Å². The highest BCUT2D eigenvalue weighted by atomic mass is 32.1. The molecule has 0 aliphatic heterocycles. The van der Waals surface area contributed by atoms with Gasteiger partial charge in [0.15, 0.2) is 0 Å². The summed E-state index contributed by atoms with van der Waals surface area (Å²) in [4.78, 5) is 12.2. The number of benzene rings is 1. The Morgan fingerprint density at radius 3 is 2.79 bits per heavy atom. The monoisotopic (exact) mass is 274 g/mol. The van der Waals surface area contributed by atoms with Crippen LogP contribution < -0.4 is 11.1 Å². The van der Waals surface area contributed by atoms with Crippen molar-refractivity contribution in [2.24, 2.45) is 5.73 Å². The maximum Gasteiger partial charge on any atom is 0.246 e. The summed E-state index contributed by atoms with van der Waals surface area (Å²) >= 11 is 4.94. The zero-order valence-corrected chi connectivity index (χ0v) is 11.3. The fourth-order valence-corrected chi connectivity index (χ4v) is 1.87. The molecule has 0 fully saturated rings. The highest BCUT2D eigenvalue weighted by molar-refractivity contribution is 7.80. The number of nitrogens with zero attached hydrogens (tertiary/aromatic N) is 2. The summed E-state index contributed by atoms with van der Waals surface area (Å²) < 4.78 is 1.58. The van der Waals surface area contributed by atoms with Crippen LogP contribution in [0.3, 0.4) is 0 Å². The van der Waals surface area contributed by atoms with Gasteiger partial charge in [0, 0.05) is 11.8 Å². The molecule has 6 heteroatoms. The second-order valence-electron chi connectivity index (χ2n) is 4.11. The lowest BCUT2D eigenvalue weighted by molar-refractivity contribution is -0.116. The van der Waals surface area contributed by atoms with Gasteiger partial charge in [-0.1, -0.05) is 24.4 Å². The number of amides is 1. The predicted octanol–water partition coefficient (Wildman–Crippen LogP) is 1.46. The van der Waals surface area contributed by atoms with Gasteiger partial charge in [-0.05, 0) is 25.1 Å². The molecule has 0 unspecified atom stereocenters. The third kappa shape index (κ3) is 3.38. The van der Waals surface area contributed by atoms with E-state index in [9.17, 15) is 4.79 Å². The summed E-state index contributed by atoms with van der Waals surface area (Å²) in [5, 5.41) is 6.94. The van der Waals surface area contributed by atoms with Crippen molar-refractivity contribution in [3.63, 3.8) is 0 Å². The van der Waals surface area contributed by atoms with E-state index in [2.05, 4.69) is 10.4 Å². The standard InChI is InChI=1S/C13H14N4OS/c1-9-6-7-17(16-9)8-12(18)15-11-5-3-2-4-10(11)13(14)19/h2-7H,8H2,1H3,(H2,14,19)(H,15,18). The molecular weight excluding hydrogens is 260 g/mol. The van der Waals surface area contributed by atoms with Crippen LogP contribution in [0, 0.1) is 6.92 Å². The van der Waals surface area contributed by atoms with E-state index in [0.717, 1.165) is 5.69 Å². The first-order valence-corrected chi connectivity index (χ1v) is 6.16. The molecule has 0 radical (unpaired) electrons. The molecule has 1 aromatic carbocycles. The van der Waals surface area contributed by atoms with Crippen LogP contribution in [0.5, 0.6) is 0 Å². The number of aryl methyl sites for hydroxylation is 1. The van der Waals surface area contributed by atoms with Gasteiger partial charge >= 0.3 is 0 Å². The van der Waals surface area contributed by atoms with Gasteiger partial charge in [0.1, 0.15) is 11.5 Å². The SMILES string of the molecule is Cc1ccn(CC(=O)Nc2ccccc2C(N)=S)n1. The van der Waals surface area contributed by atoms with Gasteiger partial charge in [0.25, 0.3) is 0 Å². The smallest absolute Gasteiger partial charge is 0.246 e. The Morgan fingerprint density at radius 1 is 1.42 bits per heavy atom. The lowest BCUT2D eigenvalue weighted by Gasteiger charge is -2.09. The van der Waals surface area contributed by atoms with Gasteiger partial charge in [0.05, 0.1) is 11.4 Å². The first-order chi connectivity index (χ1) is 9.06. The molecule has 1 heterocycles. The van der Waals surface area contributed by atoms with Crippen molar-refractivity contribution < 1.29 is 4.79 Å². The van der Waals surface area contributed by atoms with Crippen molar-refractivity contribution in [3.8, 4) is 0 Å². The van der Waals surface area contributed by atoms with Crippen LogP contribution in [-0.2, 0) is 11.3 Å². The van der Waals surface area contributed by atoms with Crippen LogP contribution in [0.15, 0.2) is 36.5 Å². The zero-order valence-electron chi connectivity index (χ0n) is 10.5. The van der Waals surface area contributed by atoms with E-state index in [4.69, 9.17) is 18.0 Å². The molecule has 0 aliphatic rings. The summed E-state index contributed by atoms with van der Waals surface area (Å²) in [6.45, 7) is 2.02. The van der Waals surface area contributed by atoms with Crippen molar-refractivity contribution >= 4 is 28.8 Å². The van der Waals surface area contributed by atoms with Crippen LogP contribution in [-0.4, -0.2) is 20.7 Å². The largest absolute Gasteiger partial charge is 0.389 e. The molecule has 1 amide bonds. The number of rotatable bonds is 4. The third-order valence-corrected chi connectivity index (χ3v) is 2.77.